The number of carbonyl (C=O) groups is 1. The van der Waals surface area contributed by atoms with Gasteiger partial charge in [0.25, 0.3) is 5.91 Å². The minimum Gasteiger partial charge on any atom is -0.357 e. The Labute approximate surface area is 187 Å². The molecule has 0 bridgehead atoms. The third-order valence-electron chi connectivity index (χ3n) is 4.65. The summed E-state index contributed by atoms with van der Waals surface area (Å²) in [7, 11) is 1.96. The van der Waals surface area contributed by atoms with Crippen molar-refractivity contribution >= 4 is 47.2 Å². The summed E-state index contributed by atoms with van der Waals surface area (Å²) in [5.74, 6) is 1.47. The largest absolute Gasteiger partial charge is 0.357 e. The van der Waals surface area contributed by atoms with Crippen LogP contribution in [0.4, 0.5) is 0 Å². The standard InChI is InChI=1S/C19H28N6OS.HI/c1-3-20-19(22-9-5-8-21-18(26)17-6-4-11-27-17)25-10-7-15(14-25)16-12-23-24(2)13-16;/h4,6,11-13,15H,3,5,7-10,14H2,1-2H3,(H,20,22)(H,21,26);1H. The number of rotatable bonds is 7. The maximum Gasteiger partial charge on any atom is 0.261 e. The Kier molecular flexibility index (Phi) is 9.23. The Bertz CT molecular complexity index is 760. The second-order valence-corrected chi connectivity index (χ2v) is 7.65. The van der Waals surface area contributed by atoms with Crippen LogP contribution in [0.15, 0.2) is 34.9 Å². The molecule has 28 heavy (non-hydrogen) atoms. The molecule has 1 amide bonds. The summed E-state index contributed by atoms with van der Waals surface area (Å²) >= 11 is 1.46. The average molecular weight is 516 g/mol. The summed E-state index contributed by atoms with van der Waals surface area (Å²) in [5.41, 5.74) is 1.30. The Balaban J connectivity index is 0.00000280. The first kappa shape index (κ1) is 22.7. The molecule has 1 fully saturated rings. The van der Waals surface area contributed by atoms with Gasteiger partial charge in [-0.25, -0.2) is 0 Å². The lowest BCUT2D eigenvalue weighted by Crippen LogP contribution is -2.40. The lowest BCUT2D eigenvalue weighted by molar-refractivity contribution is 0.0957. The number of aliphatic imine (C=N–C) groups is 1. The van der Waals surface area contributed by atoms with Gasteiger partial charge < -0.3 is 15.5 Å². The number of nitrogens with zero attached hydrogens (tertiary/aromatic N) is 4. The van der Waals surface area contributed by atoms with Gasteiger partial charge in [0, 0.05) is 51.9 Å². The highest BCUT2D eigenvalue weighted by atomic mass is 127. The highest BCUT2D eigenvalue weighted by Gasteiger charge is 2.26. The summed E-state index contributed by atoms with van der Waals surface area (Å²) in [4.78, 5) is 19.8. The number of halogens is 1. The maximum atomic E-state index is 11.9. The highest BCUT2D eigenvalue weighted by Crippen LogP contribution is 2.26. The highest BCUT2D eigenvalue weighted by molar-refractivity contribution is 14.0. The molecule has 154 valence electrons. The quantitative estimate of drug-likeness (QED) is 0.257. The third kappa shape index (κ3) is 6.20. The lowest BCUT2D eigenvalue weighted by atomic mass is 10.0. The number of carbonyl (C=O) groups excluding carboxylic acids is 1. The molecule has 1 atom stereocenters. The van der Waals surface area contributed by atoms with Gasteiger partial charge in [-0.3, -0.25) is 14.5 Å². The van der Waals surface area contributed by atoms with E-state index in [1.54, 1.807) is 0 Å². The Morgan fingerprint density at radius 1 is 1.43 bits per heavy atom. The van der Waals surface area contributed by atoms with Gasteiger partial charge >= 0.3 is 0 Å². The van der Waals surface area contributed by atoms with Crippen molar-refractivity contribution in [1.82, 2.24) is 25.3 Å². The number of nitrogens with one attached hydrogen (secondary N) is 2. The van der Waals surface area contributed by atoms with E-state index in [2.05, 4.69) is 33.8 Å². The van der Waals surface area contributed by atoms with Gasteiger partial charge in [0.2, 0.25) is 0 Å². The molecule has 2 aromatic rings. The Morgan fingerprint density at radius 3 is 2.96 bits per heavy atom. The molecule has 2 aromatic heterocycles. The SMILES string of the molecule is CCNC(=NCCCNC(=O)c1cccs1)N1CCC(c2cnn(C)c2)C1.I. The second-order valence-electron chi connectivity index (χ2n) is 6.70. The molecule has 1 unspecified atom stereocenters. The molecule has 1 saturated heterocycles. The summed E-state index contributed by atoms with van der Waals surface area (Å²) in [6.45, 7) is 6.24. The van der Waals surface area contributed by atoms with Crippen LogP contribution >= 0.6 is 35.3 Å². The maximum absolute atomic E-state index is 11.9. The zero-order valence-corrected chi connectivity index (χ0v) is 19.6. The molecule has 9 heteroatoms. The van der Waals surface area contributed by atoms with Gasteiger partial charge in [-0.05, 0) is 36.8 Å². The van der Waals surface area contributed by atoms with E-state index in [4.69, 9.17) is 4.99 Å². The van der Waals surface area contributed by atoms with Crippen molar-refractivity contribution in [2.75, 3.05) is 32.7 Å². The van der Waals surface area contributed by atoms with Crippen molar-refractivity contribution in [3.05, 3.63) is 40.3 Å². The topological polar surface area (TPSA) is 74.6 Å². The van der Waals surface area contributed by atoms with E-state index in [0.717, 1.165) is 43.3 Å². The van der Waals surface area contributed by atoms with Crippen molar-refractivity contribution in [3.63, 3.8) is 0 Å². The summed E-state index contributed by atoms with van der Waals surface area (Å²) in [6, 6.07) is 3.73. The van der Waals surface area contributed by atoms with Gasteiger partial charge in [0.05, 0.1) is 11.1 Å². The summed E-state index contributed by atoms with van der Waals surface area (Å²) < 4.78 is 1.86. The van der Waals surface area contributed by atoms with Crippen LogP contribution in [0.3, 0.4) is 0 Å². The predicted octanol–water partition coefficient (Wildman–Crippen LogP) is 2.67. The predicted molar refractivity (Wildman–Crippen MR) is 125 cm³/mol. The van der Waals surface area contributed by atoms with E-state index in [-0.39, 0.29) is 29.9 Å². The zero-order valence-electron chi connectivity index (χ0n) is 16.4. The van der Waals surface area contributed by atoms with Crippen LogP contribution in [-0.2, 0) is 7.05 Å². The van der Waals surface area contributed by atoms with E-state index in [0.29, 0.717) is 19.0 Å². The van der Waals surface area contributed by atoms with Crippen molar-refractivity contribution < 1.29 is 4.79 Å². The van der Waals surface area contributed by atoms with Gasteiger partial charge in [-0.1, -0.05) is 6.07 Å². The van der Waals surface area contributed by atoms with Crippen LogP contribution in [-0.4, -0.2) is 59.3 Å². The smallest absolute Gasteiger partial charge is 0.261 e. The first-order valence-electron chi connectivity index (χ1n) is 9.51. The molecule has 0 saturated carbocycles. The lowest BCUT2D eigenvalue weighted by Gasteiger charge is -2.21. The van der Waals surface area contributed by atoms with Crippen molar-refractivity contribution in [3.8, 4) is 0 Å². The number of guanidine groups is 1. The van der Waals surface area contributed by atoms with Gasteiger partial charge in [0.1, 0.15) is 0 Å². The number of likely N-dealkylation sites (tertiary alicyclic amines) is 1. The third-order valence-corrected chi connectivity index (χ3v) is 5.51. The molecule has 0 aromatic carbocycles. The van der Waals surface area contributed by atoms with Crippen molar-refractivity contribution in [2.24, 2.45) is 12.0 Å². The molecule has 0 spiro atoms. The molecule has 7 nitrogen and oxygen atoms in total. The van der Waals surface area contributed by atoms with Crippen LogP contribution in [0.1, 0.15) is 40.9 Å². The monoisotopic (exact) mass is 516 g/mol. The minimum atomic E-state index is -0.000239. The fraction of sp³-hybridized carbons (Fsp3) is 0.526. The minimum absolute atomic E-state index is 0. The van der Waals surface area contributed by atoms with Gasteiger partial charge in [-0.2, -0.15) is 5.10 Å². The molecule has 0 radical (unpaired) electrons. The zero-order chi connectivity index (χ0) is 19.1. The fourth-order valence-electron chi connectivity index (χ4n) is 3.26. The molecule has 0 aliphatic carbocycles. The van der Waals surface area contributed by atoms with Crippen molar-refractivity contribution in [1.29, 1.82) is 0 Å². The van der Waals surface area contributed by atoms with Crippen LogP contribution < -0.4 is 10.6 Å². The van der Waals surface area contributed by atoms with E-state index in [9.17, 15) is 4.79 Å². The number of aromatic nitrogens is 2. The first-order valence-corrected chi connectivity index (χ1v) is 10.4. The first-order chi connectivity index (χ1) is 13.2. The number of hydrogen-bond donors (Lipinski definition) is 2. The van der Waals surface area contributed by atoms with E-state index < -0.39 is 0 Å². The number of amides is 1. The normalized spacial score (nSPS) is 16.7. The molecule has 3 heterocycles. The number of hydrogen-bond acceptors (Lipinski definition) is 4. The summed E-state index contributed by atoms with van der Waals surface area (Å²) in [6.07, 6.45) is 6.02. The molecule has 1 aliphatic rings. The molecule has 2 N–H and O–H groups in total. The van der Waals surface area contributed by atoms with E-state index >= 15 is 0 Å². The molecule has 3 rings (SSSR count). The van der Waals surface area contributed by atoms with Crippen molar-refractivity contribution in [2.45, 2.75) is 25.7 Å². The molecule has 1 aliphatic heterocycles. The van der Waals surface area contributed by atoms with Gasteiger partial charge in [-0.15, -0.1) is 35.3 Å². The molecular weight excluding hydrogens is 487 g/mol. The van der Waals surface area contributed by atoms with Crippen LogP contribution in [0, 0.1) is 0 Å². The van der Waals surface area contributed by atoms with Crippen LogP contribution in [0.2, 0.25) is 0 Å². The second kappa shape index (κ2) is 11.4. The average Bonchev–Trinajstić information content (AvgIpc) is 3.41. The summed E-state index contributed by atoms with van der Waals surface area (Å²) in [5, 5.41) is 12.5. The number of aryl methyl sites for hydroxylation is 1. The van der Waals surface area contributed by atoms with Gasteiger partial charge in [0.15, 0.2) is 5.96 Å². The van der Waals surface area contributed by atoms with Crippen LogP contribution in [0.25, 0.3) is 0 Å². The van der Waals surface area contributed by atoms with Crippen LogP contribution in [0.5, 0.6) is 0 Å². The Morgan fingerprint density at radius 2 is 2.29 bits per heavy atom. The van der Waals surface area contributed by atoms with E-state index in [1.807, 2.05) is 35.4 Å². The van der Waals surface area contributed by atoms with E-state index in [1.165, 1.54) is 16.9 Å². The Hall–Kier alpha value is -1.62. The fourth-order valence-corrected chi connectivity index (χ4v) is 3.90. The molecular formula is C19H29IN6OS. The number of thiophene rings is 1.